The molecule has 0 fully saturated rings. The zero-order valence-electron chi connectivity index (χ0n) is 11.7. The monoisotopic (exact) mass is 515 g/mol. The van der Waals surface area contributed by atoms with Gasteiger partial charge in [0.25, 0.3) is 0 Å². The van der Waals surface area contributed by atoms with Gasteiger partial charge in [-0.15, -0.1) is 0 Å². The maximum atomic E-state index is 14.5. The van der Waals surface area contributed by atoms with Gasteiger partial charge in [0.15, 0.2) is 0 Å². The molecule has 2 rings (SSSR count). The zero-order valence-corrected chi connectivity index (χ0v) is 17.7. The average Bonchev–Trinajstić information content (AvgIpc) is 2.84. The summed E-state index contributed by atoms with van der Waals surface area (Å²) in [5, 5.41) is 4.18. The molecule has 2 aromatic heterocycles. The number of nitrogens with zero attached hydrogens (tertiary/aromatic N) is 3. The molecule has 108 valence electrons. The van der Waals surface area contributed by atoms with Gasteiger partial charge in [0.2, 0.25) is 0 Å². The minimum absolute atomic E-state index is 0.283. The molecular formula is C12H16FIN3OPSn. The van der Waals surface area contributed by atoms with E-state index < -0.39 is 18.4 Å². The van der Waals surface area contributed by atoms with E-state index in [2.05, 4.69) is 46.9 Å². The number of hydrogen-bond acceptors (Lipinski definition) is 3. The van der Waals surface area contributed by atoms with Gasteiger partial charge >= 0.3 is 137 Å². The van der Waals surface area contributed by atoms with Gasteiger partial charge in [-0.1, -0.05) is 0 Å². The molecule has 20 heavy (non-hydrogen) atoms. The van der Waals surface area contributed by atoms with Crippen molar-refractivity contribution in [1.82, 2.24) is 14.5 Å². The third-order valence-corrected chi connectivity index (χ3v) is 9.88. The van der Waals surface area contributed by atoms with Crippen LogP contribution in [-0.2, 0) is 0 Å². The predicted octanol–water partition coefficient (Wildman–Crippen LogP) is 3.43. The van der Waals surface area contributed by atoms with Gasteiger partial charge in [-0.05, 0) is 0 Å². The number of hydrogen-bond donors (Lipinski definition) is 0. The average molecular weight is 514 g/mol. The Hall–Kier alpha value is 0.0487. The molecule has 0 aliphatic rings. The number of pyridine rings is 1. The molecule has 0 N–H and O–H groups in total. The quantitative estimate of drug-likeness (QED) is 0.357. The normalized spacial score (nSPS) is 12.3. The van der Waals surface area contributed by atoms with Gasteiger partial charge in [0.05, 0.1) is 0 Å². The molecule has 0 saturated carbocycles. The van der Waals surface area contributed by atoms with E-state index in [4.69, 9.17) is 4.74 Å². The van der Waals surface area contributed by atoms with E-state index >= 15 is 0 Å². The molecule has 0 amide bonds. The first-order valence-corrected chi connectivity index (χ1v) is 20.1. The van der Waals surface area contributed by atoms with E-state index in [1.807, 2.05) is 6.20 Å². The summed E-state index contributed by atoms with van der Waals surface area (Å²) in [6, 6.07) is 1.57. The van der Waals surface area contributed by atoms with Crippen LogP contribution in [0, 0.1) is 5.82 Å². The van der Waals surface area contributed by atoms with Crippen LogP contribution >= 0.6 is 28.4 Å². The Morgan fingerprint density at radius 1 is 1.40 bits per heavy atom. The summed E-state index contributed by atoms with van der Waals surface area (Å²) < 4.78 is 22.5. The standard InChI is InChI=1S/C9H7FIN3OP.3CH3.Sn/c1-15-9-8(7(10)2-3-12-9)6-4-13-14(5-6)16-11;;;;/h2,4-5,16H,1H3;3*1H3;. The molecule has 0 saturated heterocycles. The van der Waals surface area contributed by atoms with Gasteiger partial charge < -0.3 is 0 Å². The molecule has 0 aliphatic carbocycles. The second-order valence-electron chi connectivity index (χ2n) is 5.38. The van der Waals surface area contributed by atoms with E-state index in [0.29, 0.717) is 23.4 Å². The molecule has 0 aliphatic heterocycles. The third-order valence-electron chi connectivity index (χ3n) is 2.86. The molecule has 0 bridgehead atoms. The molecule has 2 heterocycles. The summed E-state index contributed by atoms with van der Waals surface area (Å²) in [5.41, 5.74) is 1.10. The van der Waals surface area contributed by atoms with Crippen LogP contribution in [0.4, 0.5) is 4.39 Å². The van der Waals surface area contributed by atoms with E-state index in [1.54, 1.807) is 16.7 Å². The van der Waals surface area contributed by atoms with E-state index in [0.717, 1.165) is 3.71 Å². The molecule has 1 unspecified atom stereocenters. The van der Waals surface area contributed by atoms with Crippen LogP contribution in [0.1, 0.15) is 0 Å². The summed E-state index contributed by atoms with van der Waals surface area (Å²) in [7, 11) is 1.53. The molecule has 0 spiro atoms. The van der Waals surface area contributed by atoms with Crippen LogP contribution in [0.2, 0.25) is 14.8 Å². The zero-order chi connectivity index (χ0) is 14.9. The summed E-state index contributed by atoms with van der Waals surface area (Å²) in [5.74, 6) is 0.0674. The number of methoxy groups -OCH3 is 1. The number of rotatable bonds is 4. The molecule has 0 aromatic carbocycles. The Bertz CT molecular complexity index is 630. The van der Waals surface area contributed by atoms with E-state index in [9.17, 15) is 4.39 Å². The van der Waals surface area contributed by atoms with Crippen molar-refractivity contribution >= 4 is 50.5 Å². The Labute approximate surface area is 136 Å². The van der Waals surface area contributed by atoms with Crippen molar-refractivity contribution in [2.45, 2.75) is 14.8 Å². The first-order valence-electron chi connectivity index (χ1n) is 6.03. The Morgan fingerprint density at radius 2 is 2.10 bits per heavy atom. The molecule has 0 radical (unpaired) electrons. The van der Waals surface area contributed by atoms with Crippen LogP contribution in [-0.4, -0.2) is 40.0 Å². The van der Waals surface area contributed by atoms with E-state index in [-0.39, 0.29) is 5.82 Å². The summed E-state index contributed by atoms with van der Waals surface area (Å²) >= 11 is -0.210. The second-order valence-corrected chi connectivity index (χ2v) is 21.8. The van der Waals surface area contributed by atoms with Crippen LogP contribution in [0.15, 0.2) is 18.5 Å². The van der Waals surface area contributed by atoms with Crippen LogP contribution in [0.5, 0.6) is 5.88 Å². The predicted molar refractivity (Wildman–Crippen MR) is 92.7 cm³/mol. The van der Waals surface area contributed by atoms with Crippen molar-refractivity contribution in [1.29, 1.82) is 0 Å². The summed E-state index contributed by atoms with van der Waals surface area (Å²) in [6.07, 6.45) is 3.94. The fourth-order valence-corrected chi connectivity index (χ4v) is 5.71. The third kappa shape index (κ3) is 3.44. The first-order chi connectivity index (χ1) is 9.36. The first kappa shape index (κ1) is 16.4. The van der Waals surface area contributed by atoms with Crippen molar-refractivity contribution in [3.05, 3.63) is 24.3 Å². The van der Waals surface area contributed by atoms with Gasteiger partial charge in [-0.25, -0.2) is 0 Å². The van der Waals surface area contributed by atoms with Crippen molar-refractivity contribution in [2.24, 2.45) is 0 Å². The minimum atomic E-state index is -2.43. The SMILES string of the molecule is COc1n[c]([Sn]([CH3])([CH3])[CH3])cc(F)c1-c1cnn(PI)c1. The van der Waals surface area contributed by atoms with Gasteiger partial charge in [0, 0.05) is 0 Å². The Morgan fingerprint density at radius 3 is 2.60 bits per heavy atom. The van der Waals surface area contributed by atoms with Crippen LogP contribution < -0.4 is 8.45 Å². The van der Waals surface area contributed by atoms with E-state index in [1.165, 1.54) is 7.11 Å². The summed E-state index contributed by atoms with van der Waals surface area (Å²) in [6.45, 7) is 0. The molecule has 1 atom stereocenters. The second kappa shape index (κ2) is 6.44. The molecular weight excluding hydrogens is 498 g/mol. The van der Waals surface area contributed by atoms with Gasteiger partial charge in [0.1, 0.15) is 0 Å². The Balaban J connectivity index is 2.58. The molecule has 4 nitrogen and oxygen atoms in total. The molecule has 8 heteroatoms. The van der Waals surface area contributed by atoms with Crippen molar-refractivity contribution in [3.8, 4) is 17.0 Å². The number of ether oxygens (including phenoxy) is 1. The maximum absolute atomic E-state index is 14.5. The van der Waals surface area contributed by atoms with Crippen LogP contribution in [0.3, 0.4) is 0 Å². The fraction of sp³-hybridized carbons (Fsp3) is 0.333. The van der Waals surface area contributed by atoms with Crippen molar-refractivity contribution in [3.63, 3.8) is 0 Å². The number of aromatic nitrogens is 3. The van der Waals surface area contributed by atoms with Crippen molar-refractivity contribution < 1.29 is 9.13 Å². The van der Waals surface area contributed by atoms with Gasteiger partial charge in [-0.2, -0.15) is 0 Å². The molecule has 2 aromatic rings. The Kier molecular flexibility index (Phi) is 5.28. The summed E-state index contributed by atoms with van der Waals surface area (Å²) in [4.78, 5) is 11.1. The van der Waals surface area contributed by atoms with Crippen LogP contribution in [0.25, 0.3) is 11.1 Å². The van der Waals surface area contributed by atoms with Gasteiger partial charge in [-0.3, -0.25) is 0 Å². The number of halogens is 2. The van der Waals surface area contributed by atoms with Crippen molar-refractivity contribution in [2.75, 3.05) is 7.11 Å². The topological polar surface area (TPSA) is 39.9 Å². The fourth-order valence-electron chi connectivity index (χ4n) is 1.78.